The van der Waals surface area contributed by atoms with Crippen LogP contribution in [0, 0.1) is 0 Å². The largest absolute Gasteiger partial charge is 0.497 e. The Hall–Kier alpha value is -3.03. The highest BCUT2D eigenvalue weighted by atomic mass is 16.5. The number of ether oxygens (including phenoxy) is 2. The zero-order valence-corrected chi connectivity index (χ0v) is 16.4. The number of methoxy groups -OCH3 is 1. The standard InChI is InChI=1S/C22H24N4O3/c1-28-18-9-7-16(8-10-18)19(15-26-11-13-29-14-12-26)20-22(27)25-24-21(23-20)17-5-3-2-4-6-17/h2-10,19H,11-15H2,1H3,(H,25,27). The van der Waals surface area contributed by atoms with Crippen LogP contribution in [0.5, 0.6) is 5.75 Å². The first kappa shape index (κ1) is 19.3. The lowest BCUT2D eigenvalue weighted by Gasteiger charge is -2.30. The summed E-state index contributed by atoms with van der Waals surface area (Å²) < 4.78 is 10.8. The maximum Gasteiger partial charge on any atom is 0.286 e. The summed E-state index contributed by atoms with van der Waals surface area (Å²) in [5.74, 6) is 1.11. The summed E-state index contributed by atoms with van der Waals surface area (Å²) in [7, 11) is 1.64. The van der Waals surface area contributed by atoms with Gasteiger partial charge < -0.3 is 9.47 Å². The van der Waals surface area contributed by atoms with Crippen LogP contribution < -0.4 is 10.3 Å². The normalized spacial score (nSPS) is 15.8. The molecule has 0 aliphatic carbocycles. The second-order valence-corrected chi connectivity index (χ2v) is 6.98. The van der Waals surface area contributed by atoms with Crippen LogP contribution in [0.15, 0.2) is 59.4 Å². The molecule has 7 heteroatoms. The van der Waals surface area contributed by atoms with E-state index in [1.165, 1.54) is 0 Å². The van der Waals surface area contributed by atoms with Crippen LogP contribution in [-0.4, -0.2) is 60.0 Å². The molecule has 0 bridgehead atoms. The molecule has 0 radical (unpaired) electrons. The molecule has 2 aromatic carbocycles. The fourth-order valence-corrected chi connectivity index (χ4v) is 3.53. The van der Waals surface area contributed by atoms with Crippen molar-refractivity contribution in [3.63, 3.8) is 0 Å². The molecule has 1 unspecified atom stereocenters. The third kappa shape index (κ3) is 4.52. The zero-order chi connectivity index (χ0) is 20.1. The zero-order valence-electron chi connectivity index (χ0n) is 16.4. The van der Waals surface area contributed by atoms with Crippen LogP contribution in [0.3, 0.4) is 0 Å². The average molecular weight is 392 g/mol. The summed E-state index contributed by atoms with van der Waals surface area (Å²) in [6.45, 7) is 3.75. The van der Waals surface area contributed by atoms with Crippen molar-refractivity contribution in [1.29, 1.82) is 0 Å². The fraction of sp³-hybridized carbons (Fsp3) is 0.318. The monoisotopic (exact) mass is 392 g/mol. The van der Waals surface area contributed by atoms with Gasteiger partial charge in [0.25, 0.3) is 5.56 Å². The Morgan fingerprint density at radius 3 is 2.52 bits per heavy atom. The number of hydrogen-bond acceptors (Lipinski definition) is 6. The quantitative estimate of drug-likeness (QED) is 0.693. The molecule has 0 amide bonds. The van der Waals surface area contributed by atoms with Gasteiger partial charge in [0.05, 0.1) is 20.3 Å². The van der Waals surface area contributed by atoms with Crippen LogP contribution >= 0.6 is 0 Å². The molecule has 7 nitrogen and oxygen atoms in total. The highest BCUT2D eigenvalue weighted by Gasteiger charge is 2.24. The van der Waals surface area contributed by atoms with Gasteiger partial charge in [0, 0.05) is 31.1 Å². The van der Waals surface area contributed by atoms with Crippen molar-refractivity contribution in [2.24, 2.45) is 0 Å². The summed E-state index contributed by atoms with van der Waals surface area (Å²) in [6.07, 6.45) is 0. The number of nitrogens with one attached hydrogen (secondary N) is 1. The summed E-state index contributed by atoms with van der Waals surface area (Å²) in [6, 6.07) is 17.5. The Morgan fingerprint density at radius 1 is 1.10 bits per heavy atom. The van der Waals surface area contributed by atoms with Crippen molar-refractivity contribution in [1.82, 2.24) is 20.1 Å². The van der Waals surface area contributed by atoms with E-state index < -0.39 is 0 Å². The van der Waals surface area contributed by atoms with Crippen LogP contribution in [0.25, 0.3) is 11.4 Å². The van der Waals surface area contributed by atoms with E-state index in [1.807, 2.05) is 54.6 Å². The van der Waals surface area contributed by atoms with Gasteiger partial charge in [-0.1, -0.05) is 42.5 Å². The number of aromatic nitrogens is 3. The Kier molecular flexibility index (Phi) is 5.97. The first-order valence-electron chi connectivity index (χ1n) is 9.70. The minimum absolute atomic E-state index is 0.187. The molecule has 4 rings (SSSR count). The second kappa shape index (κ2) is 8.98. The molecule has 3 aromatic rings. The van der Waals surface area contributed by atoms with Gasteiger partial charge in [0.15, 0.2) is 5.82 Å². The molecule has 150 valence electrons. The van der Waals surface area contributed by atoms with Gasteiger partial charge in [-0.3, -0.25) is 9.69 Å². The molecular weight excluding hydrogens is 368 g/mol. The van der Waals surface area contributed by atoms with Crippen LogP contribution in [0.2, 0.25) is 0 Å². The van der Waals surface area contributed by atoms with Crippen LogP contribution in [-0.2, 0) is 4.74 Å². The van der Waals surface area contributed by atoms with Crippen molar-refractivity contribution >= 4 is 0 Å². The third-order valence-electron chi connectivity index (χ3n) is 5.15. The SMILES string of the molecule is COc1ccc(C(CN2CCOCC2)c2nc(-c3ccccc3)n[nH]c2=O)cc1. The van der Waals surface area contributed by atoms with E-state index in [4.69, 9.17) is 9.47 Å². The predicted octanol–water partition coefficient (Wildman–Crippen LogP) is 2.30. The van der Waals surface area contributed by atoms with Gasteiger partial charge in [0.1, 0.15) is 11.4 Å². The molecule has 1 aromatic heterocycles. The summed E-state index contributed by atoms with van der Waals surface area (Å²) in [5.41, 5.74) is 2.08. The maximum atomic E-state index is 12.7. The van der Waals surface area contributed by atoms with E-state index in [0.29, 0.717) is 31.3 Å². The third-order valence-corrected chi connectivity index (χ3v) is 5.15. The highest BCUT2D eigenvalue weighted by molar-refractivity contribution is 5.54. The van der Waals surface area contributed by atoms with Crippen molar-refractivity contribution in [3.8, 4) is 17.1 Å². The summed E-state index contributed by atoms with van der Waals surface area (Å²) in [5, 5.41) is 6.80. The summed E-state index contributed by atoms with van der Waals surface area (Å²) >= 11 is 0. The lowest BCUT2D eigenvalue weighted by molar-refractivity contribution is 0.0363. The van der Waals surface area contributed by atoms with Crippen LogP contribution in [0.1, 0.15) is 17.2 Å². The number of rotatable bonds is 6. The second-order valence-electron chi connectivity index (χ2n) is 6.98. The molecule has 1 atom stereocenters. The number of nitrogens with zero attached hydrogens (tertiary/aromatic N) is 3. The minimum Gasteiger partial charge on any atom is -0.497 e. The van der Waals surface area contributed by atoms with Crippen molar-refractivity contribution < 1.29 is 9.47 Å². The van der Waals surface area contributed by atoms with E-state index in [9.17, 15) is 4.79 Å². The smallest absolute Gasteiger partial charge is 0.286 e. The van der Waals surface area contributed by atoms with Crippen LogP contribution in [0.4, 0.5) is 0 Å². The van der Waals surface area contributed by atoms with E-state index >= 15 is 0 Å². The Labute approximate surface area is 169 Å². The Bertz CT molecular complexity index is 983. The van der Waals surface area contributed by atoms with E-state index in [2.05, 4.69) is 20.1 Å². The molecular formula is C22H24N4O3. The van der Waals surface area contributed by atoms with Crippen molar-refractivity contribution in [2.75, 3.05) is 40.0 Å². The first-order chi connectivity index (χ1) is 14.2. The first-order valence-corrected chi connectivity index (χ1v) is 9.70. The minimum atomic E-state index is -0.265. The van der Waals surface area contributed by atoms with Crippen molar-refractivity contribution in [3.05, 3.63) is 76.2 Å². The lowest BCUT2D eigenvalue weighted by Crippen LogP contribution is -2.40. The maximum absolute atomic E-state index is 12.7. The fourth-order valence-electron chi connectivity index (χ4n) is 3.53. The van der Waals surface area contributed by atoms with E-state index in [0.717, 1.165) is 30.0 Å². The molecule has 1 fully saturated rings. The number of benzene rings is 2. The summed E-state index contributed by atoms with van der Waals surface area (Å²) in [4.78, 5) is 19.7. The molecule has 1 aliphatic rings. The molecule has 0 spiro atoms. The van der Waals surface area contributed by atoms with Gasteiger partial charge in [0.2, 0.25) is 0 Å². The van der Waals surface area contributed by atoms with E-state index in [-0.39, 0.29) is 11.5 Å². The van der Waals surface area contributed by atoms with Gasteiger partial charge >= 0.3 is 0 Å². The van der Waals surface area contributed by atoms with Gasteiger partial charge in [-0.15, -0.1) is 0 Å². The highest BCUT2D eigenvalue weighted by Crippen LogP contribution is 2.26. The van der Waals surface area contributed by atoms with Gasteiger partial charge in [-0.05, 0) is 17.7 Å². The molecule has 1 N–H and O–H groups in total. The molecule has 0 saturated carbocycles. The van der Waals surface area contributed by atoms with Gasteiger partial charge in [-0.2, -0.15) is 5.10 Å². The molecule has 1 aliphatic heterocycles. The van der Waals surface area contributed by atoms with Crippen molar-refractivity contribution in [2.45, 2.75) is 5.92 Å². The molecule has 29 heavy (non-hydrogen) atoms. The predicted molar refractivity (Wildman–Crippen MR) is 110 cm³/mol. The van der Waals surface area contributed by atoms with Gasteiger partial charge in [-0.25, -0.2) is 10.1 Å². The number of morpholine rings is 1. The Morgan fingerprint density at radius 2 is 1.83 bits per heavy atom. The lowest BCUT2D eigenvalue weighted by atomic mass is 9.94. The average Bonchev–Trinajstić information content (AvgIpc) is 2.79. The molecule has 2 heterocycles. The number of H-pyrrole nitrogens is 1. The van der Waals surface area contributed by atoms with E-state index in [1.54, 1.807) is 7.11 Å². The Balaban J connectivity index is 1.74. The topological polar surface area (TPSA) is 80.3 Å². The molecule has 1 saturated heterocycles. The number of hydrogen-bond donors (Lipinski definition) is 1. The number of aromatic amines is 1.